The van der Waals surface area contributed by atoms with Crippen LogP contribution in [0.5, 0.6) is 0 Å². The van der Waals surface area contributed by atoms with Gasteiger partial charge in [-0.3, -0.25) is 0 Å². The quantitative estimate of drug-likeness (QED) is 0.799. The van der Waals surface area contributed by atoms with Crippen LogP contribution in [0.25, 0.3) is 11.0 Å². The average molecular weight is 271 g/mol. The number of benzene rings is 1. The van der Waals surface area contributed by atoms with Crippen molar-refractivity contribution in [2.45, 2.75) is 37.8 Å². The third kappa shape index (κ3) is 2.67. The van der Waals surface area contributed by atoms with Gasteiger partial charge in [0.15, 0.2) is 11.6 Å². The van der Waals surface area contributed by atoms with Crippen molar-refractivity contribution < 1.29 is 0 Å². The van der Waals surface area contributed by atoms with Crippen LogP contribution < -0.4 is 16.4 Å². The van der Waals surface area contributed by atoms with Crippen molar-refractivity contribution in [3.05, 3.63) is 24.3 Å². The van der Waals surface area contributed by atoms with Crippen LogP contribution in [0.15, 0.2) is 24.3 Å². The molecule has 1 aliphatic carbocycles. The summed E-state index contributed by atoms with van der Waals surface area (Å²) in [5.74, 6) is 1.64. The normalized spacial score (nSPS) is 22.7. The molecule has 0 unspecified atom stereocenters. The maximum absolute atomic E-state index is 5.95. The van der Waals surface area contributed by atoms with Crippen molar-refractivity contribution >= 4 is 22.7 Å². The van der Waals surface area contributed by atoms with Crippen molar-refractivity contribution in [1.29, 1.82) is 0 Å². The summed E-state index contributed by atoms with van der Waals surface area (Å²) in [6.45, 7) is 0. The number of fused-ring (bicyclic) bond motifs is 1. The largest absolute Gasteiger partial charge is 0.370 e. The van der Waals surface area contributed by atoms with Crippen LogP contribution in [-0.4, -0.2) is 29.1 Å². The summed E-state index contributed by atoms with van der Waals surface area (Å²) in [6.07, 6.45) is 4.35. The fraction of sp³-hybridized carbons (Fsp3) is 0.467. The highest BCUT2D eigenvalue weighted by atomic mass is 15.1. The van der Waals surface area contributed by atoms with Gasteiger partial charge in [0.05, 0.1) is 11.0 Å². The standard InChI is InChI=1S/C15H21N5/c1-17-14-15(18-11-8-6-10(16)7-9-11)20-13-5-3-2-4-12(13)19-14/h2-5,10-11H,6-9,16H2,1H3,(H,17,19)(H,18,20). The lowest BCUT2D eigenvalue weighted by Gasteiger charge is -2.27. The van der Waals surface area contributed by atoms with Crippen LogP contribution >= 0.6 is 0 Å². The summed E-state index contributed by atoms with van der Waals surface area (Å²) in [7, 11) is 1.88. The first kappa shape index (κ1) is 13.1. The van der Waals surface area contributed by atoms with E-state index in [1.807, 2.05) is 31.3 Å². The summed E-state index contributed by atoms with van der Waals surface area (Å²) in [6, 6.07) is 8.74. The highest BCUT2D eigenvalue weighted by Crippen LogP contribution is 2.25. The fourth-order valence-corrected chi connectivity index (χ4v) is 2.73. The summed E-state index contributed by atoms with van der Waals surface area (Å²) >= 11 is 0. The second kappa shape index (κ2) is 5.63. The van der Waals surface area contributed by atoms with Gasteiger partial charge >= 0.3 is 0 Å². The van der Waals surface area contributed by atoms with Gasteiger partial charge in [0, 0.05) is 19.1 Å². The molecule has 1 aromatic carbocycles. The highest BCUT2D eigenvalue weighted by molar-refractivity contribution is 5.80. The van der Waals surface area contributed by atoms with E-state index in [0.29, 0.717) is 12.1 Å². The Morgan fingerprint density at radius 1 is 1.00 bits per heavy atom. The first-order valence-corrected chi connectivity index (χ1v) is 7.23. The molecule has 20 heavy (non-hydrogen) atoms. The van der Waals surface area contributed by atoms with E-state index in [2.05, 4.69) is 15.6 Å². The minimum absolute atomic E-state index is 0.361. The zero-order chi connectivity index (χ0) is 13.9. The molecule has 1 saturated carbocycles. The molecule has 5 nitrogen and oxygen atoms in total. The minimum atomic E-state index is 0.361. The van der Waals surface area contributed by atoms with Crippen LogP contribution in [-0.2, 0) is 0 Å². The minimum Gasteiger partial charge on any atom is -0.370 e. The molecule has 0 atom stereocenters. The number of aromatic nitrogens is 2. The van der Waals surface area contributed by atoms with Crippen molar-refractivity contribution in [3.63, 3.8) is 0 Å². The van der Waals surface area contributed by atoms with Gasteiger partial charge in [-0.1, -0.05) is 12.1 Å². The van der Waals surface area contributed by atoms with Crippen molar-refractivity contribution in [1.82, 2.24) is 9.97 Å². The SMILES string of the molecule is CNc1nc2ccccc2nc1NC1CCC(N)CC1. The average Bonchev–Trinajstić information content (AvgIpc) is 2.49. The van der Waals surface area contributed by atoms with E-state index in [-0.39, 0.29) is 0 Å². The lowest BCUT2D eigenvalue weighted by atomic mass is 9.92. The Morgan fingerprint density at radius 2 is 1.60 bits per heavy atom. The van der Waals surface area contributed by atoms with Crippen LogP contribution in [0, 0.1) is 0 Å². The molecule has 106 valence electrons. The Bertz CT molecular complexity index is 590. The molecule has 0 bridgehead atoms. The number of rotatable bonds is 3. The molecule has 0 spiro atoms. The fourth-order valence-electron chi connectivity index (χ4n) is 2.73. The topological polar surface area (TPSA) is 75.9 Å². The van der Waals surface area contributed by atoms with Gasteiger partial charge in [-0.15, -0.1) is 0 Å². The zero-order valence-corrected chi connectivity index (χ0v) is 11.8. The Balaban J connectivity index is 1.86. The summed E-state index contributed by atoms with van der Waals surface area (Å²) in [5.41, 5.74) is 7.78. The van der Waals surface area contributed by atoms with E-state index in [0.717, 1.165) is 48.4 Å². The molecule has 0 saturated heterocycles. The molecule has 5 heteroatoms. The van der Waals surface area contributed by atoms with E-state index < -0.39 is 0 Å². The van der Waals surface area contributed by atoms with Crippen LogP contribution in [0.2, 0.25) is 0 Å². The maximum atomic E-state index is 5.95. The van der Waals surface area contributed by atoms with Gasteiger partial charge in [-0.25, -0.2) is 9.97 Å². The molecule has 4 N–H and O–H groups in total. The lowest BCUT2D eigenvalue weighted by molar-refractivity contribution is 0.410. The number of para-hydroxylation sites is 2. The van der Waals surface area contributed by atoms with E-state index in [9.17, 15) is 0 Å². The van der Waals surface area contributed by atoms with Gasteiger partial charge in [0.25, 0.3) is 0 Å². The molecular weight excluding hydrogens is 250 g/mol. The first-order chi connectivity index (χ1) is 9.76. The van der Waals surface area contributed by atoms with E-state index in [1.54, 1.807) is 0 Å². The second-order valence-electron chi connectivity index (χ2n) is 5.42. The van der Waals surface area contributed by atoms with Gasteiger partial charge in [0.1, 0.15) is 0 Å². The summed E-state index contributed by atoms with van der Waals surface area (Å²) < 4.78 is 0. The number of nitrogens with two attached hydrogens (primary N) is 1. The highest BCUT2D eigenvalue weighted by Gasteiger charge is 2.20. The molecular formula is C15H21N5. The monoisotopic (exact) mass is 271 g/mol. The second-order valence-corrected chi connectivity index (χ2v) is 5.42. The zero-order valence-electron chi connectivity index (χ0n) is 11.8. The summed E-state index contributed by atoms with van der Waals surface area (Å²) in [5, 5.41) is 6.65. The molecule has 3 rings (SSSR count). The predicted octanol–water partition coefficient (Wildman–Crippen LogP) is 2.35. The molecule has 0 amide bonds. The number of hydrogen-bond donors (Lipinski definition) is 3. The third-order valence-electron chi connectivity index (χ3n) is 3.92. The Morgan fingerprint density at radius 3 is 2.20 bits per heavy atom. The van der Waals surface area contributed by atoms with Gasteiger partial charge < -0.3 is 16.4 Å². The lowest BCUT2D eigenvalue weighted by Crippen LogP contribution is -2.33. The Labute approximate surface area is 119 Å². The van der Waals surface area contributed by atoms with Crippen molar-refractivity contribution in [2.75, 3.05) is 17.7 Å². The van der Waals surface area contributed by atoms with Gasteiger partial charge in [0.2, 0.25) is 0 Å². The molecule has 1 heterocycles. The van der Waals surface area contributed by atoms with Crippen LogP contribution in [0.1, 0.15) is 25.7 Å². The molecule has 0 radical (unpaired) electrons. The third-order valence-corrected chi connectivity index (χ3v) is 3.92. The number of nitrogens with zero attached hydrogens (tertiary/aromatic N) is 2. The number of hydrogen-bond acceptors (Lipinski definition) is 5. The van der Waals surface area contributed by atoms with Gasteiger partial charge in [-0.2, -0.15) is 0 Å². The Kier molecular flexibility index (Phi) is 3.69. The molecule has 1 aromatic heterocycles. The van der Waals surface area contributed by atoms with E-state index in [4.69, 9.17) is 10.7 Å². The molecule has 1 fully saturated rings. The van der Waals surface area contributed by atoms with Crippen molar-refractivity contribution in [3.8, 4) is 0 Å². The van der Waals surface area contributed by atoms with Crippen LogP contribution in [0.3, 0.4) is 0 Å². The summed E-state index contributed by atoms with van der Waals surface area (Å²) in [4.78, 5) is 9.31. The molecule has 1 aliphatic rings. The maximum Gasteiger partial charge on any atom is 0.169 e. The molecule has 0 aliphatic heterocycles. The van der Waals surface area contributed by atoms with E-state index >= 15 is 0 Å². The predicted molar refractivity (Wildman–Crippen MR) is 82.9 cm³/mol. The van der Waals surface area contributed by atoms with Crippen molar-refractivity contribution in [2.24, 2.45) is 5.73 Å². The Hall–Kier alpha value is -1.88. The first-order valence-electron chi connectivity index (χ1n) is 7.23. The number of nitrogens with one attached hydrogen (secondary N) is 2. The van der Waals surface area contributed by atoms with E-state index in [1.165, 1.54) is 0 Å². The smallest absolute Gasteiger partial charge is 0.169 e. The van der Waals surface area contributed by atoms with Crippen LogP contribution in [0.4, 0.5) is 11.6 Å². The molecule has 2 aromatic rings. The number of anilines is 2. The van der Waals surface area contributed by atoms with Gasteiger partial charge in [-0.05, 0) is 37.8 Å².